The van der Waals surface area contributed by atoms with Crippen LogP contribution in [-0.4, -0.2) is 44.0 Å². The number of benzene rings is 3. The van der Waals surface area contributed by atoms with Gasteiger partial charge < -0.3 is 24.4 Å². The number of fused-ring (bicyclic) bond motifs is 1. The molecule has 1 N–H and O–H groups in total. The third-order valence-corrected chi connectivity index (χ3v) is 8.22. The van der Waals surface area contributed by atoms with E-state index in [-0.39, 0.29) is 5.92 Å². The molecular weight excluding hydrogens is 460 g/mol. The van der Waals surface area contributed by atoms with Crippen molar-refractivity contribution in [2.75, 3.05) is 43.1 Å². The number of hydrogen-bond donors (Lipinski definition) is 1. The number of aliphatic hydroxyl groups excluding tert-OH is 1. The first-order chi connectivity index (χ1) is 17.6. The molecule has 0 saturated carbocycles. The second-order valence-corrected chi connectivity index (χ2v) is 11.2. The largest absolute Gasteiger partial charge is 0.497 e. The summed E-state index contributed by atoms with van der Waals surface area (Å²) < 4.78 is 12.0. The van der Waals surface area contributed by atoms with Gasteiger partial charge in [0.15, 0.2) is 0 Å². The number of rotatable bonds is 5. The van der Waals surface area contributed by atoms with E-state index in [1.54, 1.807) is 7.11 Å². The molecule has 1 fully saturated rings. The lowest BCUT2D eigenvalue weighted by Crippen LogP contribution is -2.47. The van der Waals surface area contributed by atoms with E-state index in [4.69, 9.17) is 9.47 Å². The third kappa shape index (κ3) is 4.44. The van der Waals surface area contributed by atoms with Gasteiger partial charge in [-0.15, -0.1) is 0 Å². The van der Waals surface area contributed by atoms with Crippen LogP contribution in [0.2, 0.25) is 0 Å². The molecule has 2 aliphatic heterocycles. The molecule has 5 rings (SSSR count). The van der Waals surface area contributed by atoms with E-state index in [0.29, 0.717) is 0 Å². The predicted molar refractivity (Wildman–Crippen MR) is 152 cm³/mol. The summed E-state index contributed by atoms with van der Waals surface area (Å²) >= 11 is 0. The van der Waals surface area contributed by atoms with Crippen LogP contribution < -0.4 is 19.3 Å². The van der Waals surface area contributed by atoms with Crippen LogP contribution in [0.5, 0.6) is 11.5 Å². The number of anilines is 2. The molecule has 2 heterocycles. The van der Waals surface area contributed by atoms with E-state index in [1.165, 1.54) is 33.6 Å². The van der Waals surface area contributed by atoms with E-state index in [1.807, 2.05) is 19.1 Å². The van der Waals surface area contributed by atoms with Crippen LogP contribution in [0.1, 0.15) is 66.2 Å². The summed E-state index contributed by atoms with van der Waals surface area (Å²) in [7, 11) is 1.70. The summed E-state index contributed by atoms with van der Waals surface area (Å²) in [6.45, 7) is 16.4. The van der Waals surface area contributed by atoms with Crippen molar-refractivity contribution >= 4 is 11.4 Å². The van der Waals surface area contributed by atoms with Crippen molar-refractivity contribution in [3.63, 3.8) is 0 Å². The molecule has 0 amide bonds. The third-order valence-electron chi connectivity index (χ3n) is 8.22. The molecule has 3 aromatic rings. The Balaban J connectivity index is 1.54. The van der Waals surface area contributed by atoms with Crippen LogP contribution in [0.4, 0.5) is 11.4 Å². The van der Waals surface area contributed by atoms with Crippen LogP contribution in [0.3, 0.4) is 0 Å². The molecular formula is C32H40N2O3. The standard InChI is InChI=1S/C32H40N2O3/c1-20-8-10-24(11-9-20)29-28-22(3)30(21(2)27(23(4)35)31(28)37-32(29,5)6)34-18-16-33(17-19-34)25-12-14-26(36-7)15-13-25/h8-15,23,29,35H,16-19H2,1-7H3. The van der Waals surface area contributed by atoms with E-state index in [0.717, 1.165) is 48.8 Å². The number of ether oxygens (including phenoxy) is 2. The number of piperazine rings is 1. The molecule has 5 heteroatoms. The van der Waals surface area contributed by atoms with Crippen molar-refractivity contribution < 1.29 is 14.6 Å². The van der Waals surface area contributed by atoms with Crippen molar-refractivity contribution in [1.82, 2.24) is 0 Å². The highest BCUT2D eigenvalue weighted by atomic mass is 16.5. The second kappa shape index (κ2) is 9.60. The molecule has 196 valence electrons. The maximum absolute atomic E-state index is 11.0. The van der Waals surface area contributed by atoms with Gasteiger partial charge in [-0.1, -0.05) is 29.8 Å². The summed E-state index contributed by atoms with van der Waals surface area (Å²) in [4.78, 5) is 4.94. The van der Waals surface area contributed by atoms with Gasteiger partial charge in [-0.3, -0.25) is 0 Å². The van der Waals surface area contributed by atoms with E-state index < -0.39 is 11.7 Å². The van der Waals surface area contributed by atoms with Crippen molar-refractivity contribution in [3.05, 3.63) is 81.9 Å². The molecule has 0 aliphatic carbocycles. The summed E-state index contributed by atoms with van der Waals surface area (Å²) in [5.74, 6) is 1.85. The van der Waals surface area contributed by atoms with Gasteiger partial charge in [-0.25, -0.2) is 0 Å². The van der Waals surface area contributed by atoms with Gasteiger partial charge in [-0.2, -0.15) is 0 Å². The Kier molecular flexibility index (Phi) is 6.61. The van der Waals surface area contributed by atoms with Gasteiger partial charge in [0, 0.05) is 48.7 Å². The van der Waals surface area contributed by atoms with Crippen LogP contribution >= 0.6 is 0 Å². The lowest BCUT2D eigenvalue weighted by Gasteiger charge is -2.39. The number of methoxy groups -OCH3 is 1. The minimum atomic E-state index is -0.610. The molecule has 5 nitrogen and oxygen atoms in total. The fraction of sp³-hybridized carbons (Fsp3) is 0.438. The quantitative estimate of drug-likeness (QED) is 0.445. The Morgan fingerprint density at radius 2 is 1.49 bits per heavy atom. The summed E-state index contributed by atoms with van der Waals surface area (Å²) in [5.41, 5.74) is 9.12. The average molecular weight is 501 g/mol. The summed E-state index contributed by atoms with van der Waals surface area (Å²) in [6, 6.07) is 17.2. The minimum absolute atomic E-state index is 0.0977. The van der Waals surface area contributed by atoms with Gasteiger partial charge in [0.2, 0.25) is 0 Å². The van der Waals surface area contributed by atoms with Crippen LogP contribution in [0, 0.1) is 20.8 Å². The topological polar surface area (TPSA) is 45.2 Å². The lowest BCUT2D eigenvalue weighted by atomic mass is 9.77. The molecule has 2 aliphatic rings. The molecule has 0 aromatic heterocycles. The second-order valence-electron chi connectivity index (χ2n) is 11.2. The Morgan fingerprint density at radius 3 is 2.05 bits per heavy atom. The zero-order chi connectivity index (χ0) is 26.5. The highest BCUT2D eigenvalue weighted by Gasteiger charge is 2.46. The van der Waals surface area contributed by atoms with Crippen LogP contribution in [0.25, 0.3) is 0 Å². The average Bonchev–Trinajstić information content (AvgIpc) is 3.15. The lowest BCUT2D eigenvalue weighted by molar-refractivity contribution is 0.115. The SMILES string of the molecule is COc1ccc(N2CCN(c3c(C)c(C(C)O)c4c(c3C)C(c3ccc(C)cc3)C(C)(C)O4)CC2)cc1. The molecule has 2 unspecified atom stereocenters. The first kappa shape index (κ1) is 25.5. The monoisotopic (exact) mass is 500 g/mol. The molecule has 0 radical (unpaired) electrons. The maximum Gasteiger partial charge on any atom is 0.130 e. The van der Waals surface area contributed by atoms with E-state index in [9.17, 15) is 5.11 Å². The molecule has 37 heavy (non-hydrogen) atoms. The smallest absolute Gasteiger partial charge is 0.130 e. The normalized spacial score (nSPS) is 19.4. The fourth-order valence-corrected chi connectivity index (χ4v) is 6.43. The van der Waals surface area contributed by atoms with Gasteiger partial charge in [0.25, 0.3) is 0 Å². The van der Waals surface area contributed by atoms with Crippen molar-refractivity contribution in [2.45, 2.75) is 59.2 Å². The molecule has 0 bridgehead atoms. The minimum Gasteiger partial charge on any atom is -0.497 e. The first-order valence-electron chi connectivity index (χ1n) is 13.4. The highest BCUT2D eigenvalue weighted by Crippen LogP contribution is 2.55. The Bertz CT molecular complexity index is 1270. The van der Waals surface area contributed by atoms with Gasteiger partial charge in [0.1, 0.15) is 17.1 Å². The Labute approximate surface area is 221 Å². The number of aliphatic hydroxyl groups is 1. The van der Waals surface area contributed by atoms with Crippen molar-refractivity contribution in [1.29, 1.82) is 0 Å². The van der Waals surface area contributed by atoms with Crippen molar-refractivity contribution in [2.24, 2.45) is 0 Å². The molecule has 0 spiro atoms. The molecule has 2 atom stereocenters. The number of nitrogens with zero attached hydrogens (tertiary/aromatic N) is 2. The zero-order valence-electron chi connectivity index (χ0n) is 23.3. The fourth-order valence-electron chi connectivity index (χ4n) is 6.43. The Morgan fingerprint density at radius 1 is 0.892 bits per heavy atom. The maximum atomic E-state index is 11.0. The Hall–Kier alpha value is -3.18. The summed E-state index contributed by atoms with van der Waals surface area (Å²) in [5, 5.41) is 11.0. The van der Waals surface area contributed by atoms with E-state index in [2.05, 4.69) is 80.8 Å². The van der Waals surface area contributed by atoms with Gasteiger partial charge in [0.05, 0.1) is 19.1 Å². The predicted octanol–water partition coefficient (Wildman–Crippen LogP) is 6.30. The first-order valence-corrected chi connectivity index (χ1v) is 13.4. The van der Waals surface area contributed by atoms with Crippen LogP contribution in [0.15, 0.2) is 48.5 Å². The number of aryl methyl sites for hydroxylation is 1. The van der Waals surface area contributed by atoms with Crippen molar-refractivity contribution in [3.8, 4) is 11.5 Å². The number of hydrogen-bond acceptors (Lipinski definition) is 5. The summed E-state index contributed by atoms with van der Waals surface area (Å²) in [6.07, 6.45) is -0.610. The molecule has 1 saturated heterocycles. The van der Waals surface area contributed by atoms with Crippen LogP contribution in [-0.2, 0) is 0 Å². The molecule has 3 aromatic carbocycles. The highest BCUT2D eigenvalue weighted by molar-refractivity contribution is 5.73. The van der Waals surface area contributed by atoms with E-state index >= 15 is 0 Å². The zero-order valence-corrected chi connectivity index (χ0v) is 23.3. The van der Waals surface area contributed by atoms with Gasteiger partial charge >= 0.3 is 0 Å². The van der Waals surface area contributed by atoms with Gasteiger partial charge in [-0.05, 0) is 82.5 Å².